The van der Waals surface area contributed by atoms with Gasteiger partial charge < -0.3 is 5.73 Å². The summed E-state index contributed by atoms with van der Waals surface area (Å²) < 4.78 is 39.9. The van der Waals surface area contributed by atoms with Crippen LogP contribution in [0, 0.1) is 17.7 Å². The molecule has 0 amide bonds. The van der Waals surface area contributed by atoms with Crippen molar-refractivity contribution >= 4 is 21.6 Å². The first-order chi connectivity index (χ1) is 9.89. The molecular formula is C14H18ClFN2O2S. The van der Waals surface area contributed by atoms with Gasteiger partial charge in [0.2, 0.25) is 10.0 Å². The predicted molar refractivity (Wildman–Crippen MR) is 79.0 cm³/mol. The molecule has 1 aromatic carbocycles. The van der Waals surface area contributed by atoms with E-state index in [0.29, 0.717) is 19.0 Å². The Bertz CT molecular complexity index is 652. The minimum absolute atomic E-state index is 0.0298. The highest BCUT2D eigenvalue weighted by atomic mass is 35.5. The third-order valence-corrected chi connectivity index (χ3v) is 6.95. The molecule has 4 nitrogen and oxygen atoms in total. The number of benzene rings is 1. The van der Waals surface area contributed by atoms with Gasteiger partial charge in [-0.1, -0.05) is 18.0 Å². The topological polar surface area (TPSA) is 63.4 Å². The maximum absolute atomic E-state index is 13.1. The number of hydrogen-bond donors (Lipinski definition) is 1. The lowest BCUT2D eigenvalue weighted by Gasteiger charge is -2.29. The zero-order valence-electron chi connectivity index (χ0n) is 11.5. The maximum atomic E-state index is 13.1. The Balaban J connectivity index is 1.89. The number of sulfonamides is 1. The van der Waals surface area contributed by atoms with Crippen molar-refractivity contribution in [1.82, 2.24) is 4.31 Å². The minimum Gasteiger partial charge on any atom is -0.327 e. The van der Waals surface area contributed by atoms with Crippen LogP contribution in [-0.4, -0.2) is 31.9 Å². The van der Waals surface area contributed by atoms with Gasteiger partial charge in [-0.3, -0.25) is 0 Å². The fourth-order valence-corrected chi connectivity index (χ4v) is 5.53. The number of nitrogens with zero attached hydrogens (tertiary/aromatic N) is 1. The van der Waals surface area contributed by atoms with Crippen molar-refractivity contribution in [2.75, 3.05) is 13.1 Å². The van der Waals surface area contributed by atoms with E-state index in [-0.39, 0.29) is 21.9 Å². The Morgan fingerprint density at radius 2 is 2.05 bits per heavy atom. The largest absolute Gasteiger partial charge is 0.327 e. The Kier molecular flexibility index (Phi) is 3.98. The van der Waals surface area contributed by atoms with Gasteiger partial charge in [0.25, 0.3) is 0 Å². The van der Waals surface area contributed by atoms with Crippen LogP contribution in [0.5, 0.6) is 0 Å². The summed E-state index contributed by atoms with van der Waals surface area (Å²) in [6.07, 6.45) is 3.02. The summed E-state index contributed by atoms with van der Waals surface area (Å²) in [5.74, 6) is -0.00781. The summed E-state index contributed by atoms with van der Waals surface area (Å²) in [7, 11) is -3.69. The fourth-order valence-electron chi connectivity index (χ4n) is 3.50. The highest BCUT2D eigenvalue weighted by Crippen LogP contribution is 2.38. The molecule has 1 saturated carbocycles. The lowest BCUT2D eigenvalue weighted by Crippen LogP contribution is -2.38. The van der Waals surface area contributed by atoms with Crippen molar-refractivity contribution < 1.29 is 12.8 Å². The smallest absolute Gasteiger partial charge is 0.244 e. The normalized spacial score (nSPS) is 30.3. The second kappa shape index (κ2) is 5.50. The molecule has 7 heteroatoms. The van der Waals surface area contributed by atoms with E-state index < -0.39 is 15.8 Å². The summed E-state index contributed by atoms with van der Waals surface area (Å²) in [6, 6.07) is 3.44. The van der Waals surface area contributed by atoms with Gasteiger partial charge in [0.1, 0.15) is 10.7 Å². The Labute approximate surface area is 129 Å². The molecule has 21 heavy (non-hydrogen) atoms. The quantitative estimate of drug-likeness (QED) is 0.903. The number of fused-ring (bicyclic) bond motifs is 1. The van der Waals surface area contributed by atoms with E-state index in [1.807, 2.05) is 0 Å². The SMILES string of the molecule is NC1CCCC2CN(S(=O)(=O)c3ccc(F)cc3Cl)CC12. The van der Waals surface area contributed by atoms with Gasteiger partial charge in [-0.2, -0.15) is 4.31 Å². The van der Waals surface area contributed by atoms with Crippen molar-refractivity contribution in [1.29, 1.82) is 0 Å². The lowest BCUT2D eigenvalue weighted by molar-refractivity contribution is 0.260. The maximum Gasteiger partial charge on any atom is 0.244 e. The second-order valence-corrected chi connectivity index (χ2v) is 8.23. The first kappa shape index (κ1) is 15.2. The van der Waals surface area contributed by atoms with Crippen LogP contribution in [0.2, 0.25) is 5.02 Å². The van der Waals surface area contributed by atoms with E-state index in [0.717, 1.165) is 31.4 Å². The molecule has 116 valence electrons. The second-order valence-electron chi connectivity index (χ2n) is 5.92. The molecule has 2 N–H and O–H groups in total. The summed E-state index contributed by atoms with van der Waals surface area (Å²) >= 11 is 5.90. The van der Waals surface area contributed by atoms with E-state index in [1.165, 1.54) is 10.4 Å². The molecule has 1 aromatic rings. The van der Waals surface area contributed by atoms with Gasteiger partial charge in [0.15, 0.2) is 0 Å². The van der Waals surface area contributed by atoms with Gasteiger partial charge in [-0.15, -0.1) is 0 Å². The molecule has 3 unspecified atom stereocenters. The van der Waals surface area contributed by atoms with Gasteiger partial charge in [-0.05, 0) is 42.9 Å². The lowest BCUT2D eigenvalue weighted by atomic mass is 9.78. The molecule has 0 radical (unpaired) electrons. The van der Waals surface area contributed by atoms with E-state index in [1.54, 1.807) is 0 Å². The Morgan fingerprint density at radius 3 is 2.71 bits per heavy atom. The molecule has 1 aliphatic heterocycles. The third kappa shape index (κ3) is 2.70. The average Bonchev–Trinajstić information content (AvgIpc) is 2.84. The number of hydrogen-bond acceptors (Lipinski definition) is 3. The van der Waals surface area contributed by atoms with Crippen molar-refractivity contribution in [3.63, 3.8) is 0 Å². The van der Waals surface area contributed by atoms with Gasteiger partial charge in [0.05, 0.1) is 5.02 Å². The molecule has 1 heterocycles. The molecule has 1 aliphatic carbocycles. The zero-order valence-corrected chi connectivity index (χ0v) is 13.1. The van der Waals surface area contributed by atoms with Crippen LogP contribution in [0.25, 0.3) is 0 Å². The molecule has 0 spiro atoms. The standard InChI is InChI=1S/C14H18ClFN2O2S/c15-12-6-10(16)4-5-14(12)21(19,20)18-7-9-2-1-3-13(17)11(9)8-18/h4-6,9,11,13H,1-3,7-8,17H2. The first-order valence-electron chi connectivity index (χ1n) is 7.10. The third-order valence-electron chi connectivity index (χ3n) is 4.63. The summed E-state index contributed by atoms with van der Waals surface area (Å²) in [5.41, 5.74) is 6.12. The van der Waals surface area contributed by atoms with E-state index in [2.05, 4.69) is 0 Å². The van der Waals surface area contributed by atoms with Crippen molar-refractivity contribution in [2.45, 2.75) is 30.2 Å². The van der Waals surface area contributed by atoms with Gasteiger partial charge in [-0.25, -0.2) is 12.8 Å². The Morgan fingerprint density at radius 1 is 1.29 bits per heavy atom. The summed E-state index contributed by atoms with van der Waals surface area (Å²) in [6.45, 7) is 0.913. The van der Waals surface area contributed by atoms with Crippen LogP contribution >= 0.6 is 11.6 Å². The molecule has 3 rings (SSSR count). The van der Waals surface area contributed by atoms with E-state index >= 15 is 0 Å². The first-order valence-corrected chi connectivity index (χ1v) is 8.92. The van der Waals surface area contributed by atoms with Crippen molar-refractivity contribution in [3.05, 3.63) is 29.0 Å². The van der Waals surface area contributed by atoms with Crippen molar-refractivity contribution in [3.8, 4) is 0 Å². The summed E-state index contributed by atoms with van der Waals surface area (Å²) in [5, 5.41) is -0.0748. The van der Waals surface area contributed by atoms with Crippen LogP contribution in [0.1, 0.15) is 19.3 Å². The fraction of sp³-hybridized carbons (Fsp3) is 0.571. The highest BCUT2D eigenvalue weighted by Gasteiger charge is 2.43. The summed E-state index contributed by atoms with van der Waals surface area (Å²) in [4.78, 5) is -0.0298. The van der Waals surface area contributed by atoms with Crippen LogP contribution < -0.4 is 5.73 Å². The number of halogens is 2. The molecule has 2 aliphatic rings. The number of nitrogens with two attached hydrogens (primary N) is 1. The molecule has 0 aromatic heterocycles. The molecule has 3 atom stereocenters. The van der Waals surface area contributed by atoms with E-state index in [4.69, 9.17) is 17.3 Å². The molecular weight excluding hydrogens is 315 g/mol. The van der Waals surface area contributed by atoms with Crippen LogP contribution in [0.3, 0.4) is 0 Å². The zero-order chi connectivity index (χ0) is 15.2. The van der Waals surface area contributed by atoms with Gasteiger partial charge in [0, 0.05) is 19.1 Å². The highest BCUT2D eigenvalue weighted by molar-refractivity contribution is 7.89. The monoisotopic (exact) mass is 332 g/mol. The number of rotatable bonds is 2. The van der Waals surface area contributed by atoms with Crippen LogP contribution in [-0.2, 0) is 10.0 Å². The van der Waals surface area contributed by atoms with Gasteiger partial charge >= 0.3 is 0 Å². The van der Waals surface area contributed by atoms with Crippen molar-refractivity contribution in [2.24, 2.45) is 17.6 Å². The predicted octanol–water partition coefficient (Wildman–Crippen LogP) is 2.23. The molecule has 1 saturated heterocycles. The van der Waals surface area contributed by atoms with Crippen LogP contribution in [0.15, 0.2) is 23.1 Å². The van der Waals surface area contributed by atoms with E-state index in [9.17, 15) is 12.8 Å². The molecule has 0 bridgehead atoms. The average molecular weight is 333 g/mol. The molecule has 2 fully saturated rings. The Hall–Kier alpha value is -0.690. The minimum atomic E-state index is -3.69. The van der Waals surface area contributed by atoms with Crippen LogP contribution in [0.4, 0.5) is 4.39 Å².